The van der Waals surface area contributed by atoms with Gasteiger partial charge in [0.25, 0.3) is 11.5 Å². The summed E-state index contributed by atoms with van der Waals surface area (Å²) < 4.78 is 3.28. The van der Waals surface area contributed by atoms with Crippen molar-refractivity contribution < 1.29 is 4.79 Å². The zero-order chi connectivity index (χ0) is 17.8. The van der Waals surface area contributed by atoms with Crippen LogP contribution in [-0.2, 0) is 13.1 Å². The molecule has 1 saturated heterocycles. The molecule has 0 aliphatic carbocycles. The van der Waals surface area contributed by atoms with Crippen LogP contribution < -0.4 is 5.56 Å². The summed E-state index contributed by atoms with van der Waals surface area (Å²) in [5.74, 6) is -0.0987. The Labute approximate surface area is 147 Å². The van der Waals surface area contributed by atoms with Gasteiger partial charge in [-0.25, -0.2) is 4.68 Å². The lowest BCUT2D eigenvalue weighted by Gasteiger charge is -2.35. The van der Waals surface area contributed by atoms with Crippen molar-refractivity contribution in [1.29, 1.82) is 0 Å². The molecule has 0 saturated carbocycles. The third-order valence-corrected chi connectivity index (χ3v) is 4.57. The van der Waals surface area contributed by atoms with Crippen molar-refractivity contribution in [3.63, 3.8) is 0 Å². The normalized spacial score (nSPS) is 17.7. The summed E-state index contributed by atoms with van der Waals surface area (Å²) in [7, 11) is 0. The molecule has 0 N–H and O–H groups in total. The highest BCUT2D eigenvalue weighted by Crippen LogP contribution is 2.20. The first-order chi connectivity index (χ1) is 12.1. The molecule has 1 aliphatic rings. The van der Waals surface area contributed by atoms with Gasteiger partial charge in [-0.15, -0.1) is 0 Å². The highest BCUT2D eigenvalue weighted by Gasteiger charge is 2.29. The summed E-state index contributed by atoms with van der Waals surface area (Å²) in [6.45, 7) is 5.92. The number of piperidine rings is 1. The van der Waals surface area contributed by atoms with Crippen molar-refractivity contribution in [3.05, 3.63) is 46.1 Å². The molecule has 1 amide bonds. The van der Waals surface area contributed by atoms with E-state index in [2.05, 4.69) is 10.2 Å². The van der Waals surface area contributed by atoms with E-state index in [-0.39, 0.29) is 17.5 Å². The Morgan fingerprint density at radius 3 is 2.88 bits per heavy atom. The van der Waals surface area contributed by atoms with Crippen LogP contribution in [0.25, 0.3) is 0 Å². The summed E-state index contributed by atoms with van der Waals surface area (Å²) in [6, 6.07) is 3.08. The zero-order valence-electron chi connectivity index (χ0n) is 14.9. The first-order valence-electron chi connectivity index (χ1n) is 8.96. The molecule has 1 aliphatic heterocycles. The Bertz CT molecular complexity index is 795. The lowest BCUT2D eigenvalue weighted by atomic mass is 10.0. The fourth-order valence-electron chi connectivity index (χ4n) is 3.32. The van der Waals surface area contributed by atoms with Gasteiger partial charge in [0.2, 0.25) is 0 Å². The molecule has 0 radical (unpaired) electrons. The van der Waals surface area contributed by atoms with Crippen molar-refractivity contribution in [2.75, 3.05) is 6.54 Å². The van der Waals surface area contributed by atoms with Crippen molar-refractivity contribution in [2.45, 2.75) is 58.7 Å². The number of carbonyl (C=O) groups excluding carboxylic acids is 1. The number of aryl methyl sites for hydroxylation is 2. The summed E-state index contributed by atoms with van der Waals surface area (Å²) in [5, 5.41) is 8.62. The molecular formula is C18H25N5O2. The van der Waals surface area contributed by atoms with Gasteiger partial charge in [-0.1, -0.05) is 6.92 Å². The molecule has 0 bridgehead atoms. The second-order valence-corrected chi connectivity index (χ2v) is 6.67. The van der Waals surface area contributed by atoms with E-state index in [1.807, 2.05) is 35.8 Å². The van der Waals surface area contributed by atoms with Gasteiger partial charge in [0.15, 0.2) is 0 Å². The third-order valence-electron chi connectivity index (χ3n) is 4.57. The van der Waals surface area contributed by atoms with Gasteiger partial charge in [-0.05, 0) is 44.2 Å². The molecule has 1 unspecified atom stereocenters. The van der Waals surface area contributed by atoms with E-state index in [0.717, 1.165) is 37.8 Å². The first-order valence-corrected chi connectivity index (χ1v) is 8.96. The minimum absolute atomic E-state index is 0.0987. The Hall–Kier alpha value is -2.44. The number of rotatable bonds is 5. The number of likely N-dealkylation sites (tertiary alicyclic amines) is 1. The van der Waals surface area contributed by atoms with Gasteiger partial charge >= 0.3 is 0 Å². The van der Waals surface area contributed by atoms with Gasteiger partial charge in [0.1, 0.15) is 5.69 Å². The predicted molar refractivity (Wildman–Crippen MR) is 94.4 cm³/mol. The molecule has 1 atom stereocenters. The Morgan fingerprint density at radius 2 is 2.16 bits per heavy atom. The standard InChI is InChI=1S/C18H25N5O2/c1-3-9-23-17(24)8-7-16(20-23)18(25)22-10-5-4-6-15(22)13-21-12-14(2)11-19-21/h7-8,11-12,15H,3-6,9-10,13H2,1-2H3. The minimum atomic E-state index is -0.166. The van der Waals surface area contributed by atoms with Crippen LogP contribution in [0.4, 0.5) is 0 Å². The van der Waals surface area contributed by atoms with E-state index >= 15 is 0 Å². The van der Waals surface area contributed by atoms with E-state index in [1.54, 1.807) is 6.07 Å². The second-order valence-electron chi connectivity index (χ2n) is 6.67. The molecule has 2 aromatic heterocycles. The van der Waals surface area contributed by atoms with Crippen LogP contribution in [0.1, 0.15) is 48.7 Å². The number of carbonyl (C=O) groups is 1. The second kappa shape index (κ2) is 7.63. The average Bonchev–Trinajstić information content (AvgIpc) is 3.02. The van der Waals surface area contributed by atoms with Gasteiger partial charge in [-0.3, -0.25) is 14.3 Å². The van der Waals surface area contributed by atoms with Crippen molar-refractivity contribution in [2.24, 2.45) is 0 Å². The molecule has 7 heteroatoms. The molecule has 3 rings (SSSR count). The van der Waals surface area contributed by atoms with Crippen LogP contribution >= 0.6 is 0 Å². The van der Waals surface area contributed by atoms with Crippen molar-refractivity contribution in [1.82, 2.24) is 24.5 Å². The molecular weight excluding hydrogens is 318 g/mol. The maximum Gasteiger partial charge on any atom is 0.274 e. The fraction of sp³-hybridized carbons (Fsp3) is 0.556. The lowest BCUT2D eigenvalue weighted by molar-refractivity contribution is 0.0575. The molecule has 0 spiro atoms. The highest BCUT2D eigenvalue weighted by molar-refractivity contribution is 5.92. The summed E-state index contributed by atoms with van der Waals surface area (Å²) in [6.07, 6.45) is 7.69. The van der Waals surface area contributed by atoms with E-state index in [9.17, 15) is 9.59 Å². The number of nitrogens with zero attached hydrogens (tertiary/aromatic N) is 5. The van der Waals surface area contributed by atoms with Crippen molar-refractivity contribution in [3.8, 4) is 0 Å². The Kier molecular flexibility index (Phi) is 5.31. The minimum Gasteiger partial charge on any atom is -0.332 e. The lowest BCUT2D eigenvalue weighted by Crippen LogP contribution is -2.46. The first kappa shape index (κ1) is 17.4. The maximum absolute atomic E-state index is 13.0. The van der Waals surface area contributed by atoms with E-state index in [1.165, 1.54) is 10.7 Å². The van der Waals surface area contributed by atoms with E-state index in [0.29, 0.717) is 18.8 Å². The number of aromatic nitrogens is 4. The van der Waals surface area contributed by atoms with Crippen LogP contribution in [0, 0.1) is 6.92 Å². The SMILES string of the molecule is CCCn1nc(C(=O)N2CCCCC2Cn2cc(C)cn2)ccc1=O. The van der Waals surface area contributed by atoms with E-state index < -0.39 is 0 Å². The van der Waals surface area contributed by atoms with Crippen molar-refractivity contribution >= 4 is 5.91 Å². The van der Waals surface area contributed by atoms with Crippen LogP contribution in [0.3, 0.4) is 0 Å². The molecule has 1 fully saturated rings. The summed E-state index contributed by atoms with van der Waals surface area (Å²) in [5.41, 5.74) is 1.29. The maximum atomic E-state index is 13.0. The largest absolute Gasteiger partial charge is 0.332 e. The van der Waals surface area contributed by atoms with Crippen LogP contribution in [0.15, 0.2) is 29.3 Å². The topological polar surface area (TPSA) is 73.0 Å². The Morgan fingerprint density at radius 1 is 1.32 bits per heavy atom. The fourth-order valence-corrected chi connectivity index (χ4v) is 3.32. The third kappa shape index (κ3) is 3.97. The van der Waals surface area contributed by atoms with Crippen LogP contribution in [-0.4, -0.2) is 43.0 Å². The number of amides is 1. The van der Waals surface area contributed by atoms with Gasteiger partial charge < -0.3 is 4.90 Å². The molecule has 3 heterocycles. The Balaban J connectivity index is 1.80. The van der Waals surface area contributed by atoms with Crippen LogP contribution in [0.2, 0.25) is 0 Å². The van der Waals surface area contributed by atoms with Gasteiger partial charge in [0, 0.05) is 25.4 Å². The summed E-state index contributed by atoms with van der Waals surface area (Å²) in [4.78, 5) is 26.7. The summed E-state index contributed by atoms with van der Waals surface area (Å²) >= 11 is 0. The van der Waals surface area contributed by atoms with Crippen LogP contribution in [0.5, 0.6) is 0 Å². The number of hydrogen-bond acceptors (Lipinski definition) is 4. The highest BCUT2D eigenvalue weighted by atomic mass is 16.2. The smallest absolute Gasteiger partial charge is 0.274 e. The van der Waals surface area contributed by atoms with Gasteiger partial charge in [0.05, 0.1) is 18.8 Å². The monoisotopic (exact) mass is 343 g/mol. The average molecular weight is 343 g/mol. The molecule has 25 heavy (non-hydrogen) atoms. The van der Waals surface area contributed by atoms with E-state index in [4.69, 9.17) is 0 Å². The molecule has 0 aromatic carbocycles. The number of hydrogen-bond donors (Lipinski definition) is 0. The molecule has 134 valence electrons. The zero-order valence-corrected chi connectivity index (χ0v) is 14.9. The molecule has 7 nitrogen and oxygen atoms in total. The predicted octanol–water partition coefficient (Wildman–Crippen LogP) is 1.85. The molecule has 2 aromatic rings. The van der Waals surface area contributed by atoms with Gasteiger partial charge in [-0.2, -0.15) is 10.2 Å². The quantitative estimate of drug-likeness (QED) is 0.830.